The van der Waals surface area contributed by atoms with Crippen LogP contribution in [0.4, 0.5) is 0 Å². The highest BCUT2D eigenvalue weighted by atomic mass is 35.5. The van der Waals surface area contributed by atoms with Crippen LogP contribution in [-0.2, 0) is 10.2 Å². The molecule has 2 aliphatic rings. The van der Waals surface area contributed by atoms with E-state index in [1.54, 1.807) is 0 Å². The third-order valence-corrected chi connectivity index (χ3v) is 4.19. The van der Waals surface area contributed by atoms with Gasteiger partial charge in [0.05, 0.1) is 11.0 Å². The zero-order valence-corrected chi connectivity index (χ0v) is 12.5. The van der Waals surface area contributed by atoms with E-state index >= 15 is 0 Å². The summed E-state index contributed by atoms with van der Waals surface area (Å²) >= 11 is 0. The number of H-pyrrole nitrogens is 1. The van der Waals surface area contributed by atoms with Crippen molar-refractivity contribution in [3.05, 3.63) is 29.6 Å². The number of benzene rings is 1. The summed E-state index contributed by atoms with van der Waals surface area (Å²) in [5.74, 6) is 1.67. The van der Waals surface area contributed by atoms with E-state index in [0.29, 0.717) is 12.3 Å². The van der Waals surface area contributed by atoms with Crippen molar-refractivity contribution in [3.8, 4) is 0 Å². The van der Waals surface area contributed by atoms with Gasteiger partial charge in [0, 0.05) is 24.0 Å². The lowest BCUT2D eigenvalue weighted by Crippen LogP contribution is -2.37. The molecule has 0 spiro atoms. The number of aromatic amines is 1. The van der Waals surface area contributed by atoms with E-state index < -0.39 is 0 Å². The van der Waals surface area contributed by atoms with Crippen LogP contribution in [0.1, 0.15) is 43.5 Å². The van der Waals surface area contributed by atoms with Gasteiger partial charge in [0.25, 0.3) is 0 Å². The topological polar surface area (TPSA) is 70.1 Å². The summed E-state index contributed by atoms with van der Waals surface area (Å²) in [5.41, 5.74) is 5.27. The number of imidazole rings is 1. The minimum atomic E-state index is -0.346. The number of hydrogen-bond donors (Lipinski definition) is 2. The van der Waals surface area contributed by atoms with Crippen LogP contribution in [-0.4, -0.2) is 22.1 Å². The van der Waals surface area contributed by atoms with Gasteiger partial charge >= 0.3 is 0 Å². The number of amides is 1. The monoisotopic (exact) mass is 304 g/mol. The first-order valence-electron chi connectivity index (χ1n) is 6.97. The van der Waals surface area contributed by atoms with Crippen LogP contribution in [0.5, 0.6) is 0 Å². The first-order valence-corrected chi connectivity index (χ1v) is 6.97. The standard InChI is InChI=1S/C15H16N4O.ClH/c1-15(7-13(20)19-16-8-15)10-4-5-11-12(6-10)18-14(17-11)9-2-3-9;/h4-6,8-9H,2-3,7H2,1H3,(H,17,18)(H,19,20);1H. The maximum Gasteiger partial charge on any atom is 0.241 e. The normalized spacial score (nSPS) is 24.7. The Balaban J connectivity index is 0.00000132. The number of halogens is 1. The Hall–Kier alpha value is -1.88. The number of carbonyl (C=O) groups excluding carboxylic acids is 1. The van der Waals surface area contributed by atoms with Crippen molar-refractivity contribution in [1.29, 1.82) is 0 Å². The maximum atomic E-state index is 11.6. The first-order chi connectivity index (χ1) is 9.64. The molecule has 1 fully saturated rings. The molecule has 2 N–H and O–H groups in total. The van der Waals surface area contributed by atoms with Gasteiger partial charge in [-0.05, 0) is 37.5 Å². The fraction of sp³-hybridized carbons (Fsp3) is 0.400. The SMILES string of the molecule is CC1(c2ccc3nc(C4CC4)[nH]c3c2)C=NNC(=O)C1.Cl. The number of aromatic nitrogens is 2. The lowest BCUT2D eigenvalue weighted by molar-refractivity contribution is -0.122. The van der Waals surface area contributed by atoms with Crippen molar-refractivity contribution in [2.45, 2.75) is 37.5 Å². The first kappa shape index (κ1) is 14.1. The van der Waals surface area contributed by atoms with Gasteiger partial charge in [-0.3, -0.25) is 4.79 Å². The minimum Gasteiger partial charge on any atom is -0.342 e. The lowest BCUT2D eigenvalue weighted by atomic mass is 9.79. The van der Waals surface area contributed by atoms with Crippen molar-refractivity contribution < 1.29 is 4.79 Å². The molecule has 1 aromatic heterocycles. The molecule has 21 heavy (non-hydrogen) atoms. The molecule has 110 valence electrons. The van der Waals surface area contributed by atoms with Crippen LogP contribution in [0.2, 0.25) is 0 Å². The maximum absolute atomic E-state index is 11.6. The number of fused-ring (bicyclic) bond motifs is 1. The molecular formula is C15H17ClN4O. The number of hydrogen-bond acceptors (Lipinski definition) is 3. The van der Waals surface area contributed by atoms with Gasteiger partial charge in [0.2, 0.25) is 5.91 Å². The molecule has 1 amide bonds. The number of carbonyl (C=O) groups is 1. The zero-order valence-electron chi connectivity index (χ0n) is 11.7. The third-order valence-electron chi connectivity index (χ3n) is 4.19. The van der Waals surface area contributed by atoms with Crippen LogP contribution < -0.4 is 5.43 Å². The van der Waals surface area contributed by atoms with Gasteiger partial charge in [-0.1, -0.05) is 6.07 Å². The molecule has 0 radical (unpaired) electrons. The molecule has 6 heteroatoms. The molecule has 5 nitrogen and oxygen atoms in total. The summed E-state index contributed by atoms with van der Waals surface area (Å²) < 4.78 is 0. The Morgan fingerprint density at radius 2 is 2.14 bits per heavy atom. The second-order valence-corrected chi connectivity index (χ2v) is 6.02. The van der Waals surface area contributed by atoms with Crippen LogP contribution in [0.15, 0.2) is 23.3 Å². The van der Waals surface area contributed by atoms with Crippen LogP contribution in [0, 0.1) is 0 Å². The van der Waals surface area contributed by atoms with E-state index in [-0.39, 0.29) is 23.7 Å². The molecule has 1 aliphatic carbocycles. The fourth-order valence-electron chi connectivity index (χ4n) is 2.78. The highest BCUT2D eigenvalue weighted by molar-refractivity contribution is 5.90. The van der Waals surface area contributed by atoms with Crippen LogP contribution in [0.3, 0.4) is 0 Å². The smallest absolute Gasteiger partial charge is 0.241 e. The van der Waals surface area contributed by atoms with E-state index in [0.717, 1.165) is 22.4 Å². The quantitative estimate of drug-likeness (QED) is 0.895. The molecule has 0 saturated heterocycles. The van der Waals surface area contributed by atoms with E-state index in [1.807, 2.05) is 25.3 Å². The average molecular weight is 305 g/mol. The van der Waals surface area contributed by atoms with E-state index in [9.17, 15) is 4.79 Å². The van der Waals surface area contributed by atoms with Crippen molar-refractivity contribution in [3.63, 3.8) is 0 Å². The van der Waals surface area contributed by atoms with Gasteiger partial charge in [0.15, 0.2) is 0 Å². The number of nitrogens with one attached hydrogen (secondary N) is 2. The minimum absolute atomic E-state index is 0. The average Bonchev–Trinajstić information content (AvgIpc) is 3.17. The molecule has 1 aliphatic heterocycles. The number of rotatable bonds is 2. The summed E-state index contributed by atoms with van der Waals surface area (Å²) in [6, 6.07) is 6.17. The molecule has 1 aromatic carbocycles. The molecule has 2 aromatic rings. The van der Waals surface area contributed by atoms with E-state index in [1.165, 1.54) is 12.8 Å². The number of hydrazone groups is 1. The molecule has 4 rings (SSSR count). The van der Waals surface area contributed by atoms with Gasteiger partial charge in [-0.2, -0.15) is 5.10 Å². The van der Waals surface area contributed by atoms with Gasteiger partial charge < -0.3 is 4.98 Å². The highest BCUT2D eigenvalue weighted by Crippen LogP contribution is 2.39. The highest BCUT2D eigenvalue weighted by Gasteiger charge is 2.31. The van der Waals surface area contributed by atoms with Crippen molar-refractivity contribution in [2.75, 3.05) is 0 Å². The van der Waals surface area contributed by atoms with E-state index in [2.05, 4.69) is 26.6 Å². The van der Waals surface area contributed by atoms with Crippen molar-refractivity contribution in [2.24, 2.45) is 5.10 Å². The van der Waals surface area contributed by atoms with Gasteiger partial charge in [-0.25, -0.2) is 10.4 Å². The fourth-order valence-corrected chi connectivity index (χ4v) is 2.78. The summed E-state index contributed by atoms with van der Waals surface area (Å²) in [7, 11) is 0. The number of nitrogens with zero attached hydrogens (tertiary/aromatic N) is 2. The predicted molar refractivity (Wildman–Crippen MR) is 83.9 cm³/mol. The van der Waals surface area contributed by atoms with Crippen molar-refractivity contribution >= 4 is 35.6 Å². The molecule has 2 heterocycles. The Kier molecular flexibility index (Phi) is 3.24. The third kappa shape index (κ3) is 2.42. The molecule has 1 atom stereocenters. The molecule has 1 saturated carbocycles. The van der Waals surface area contributed by atoms with E-state index in [4.69, 9.17) is 0 Å². The summed E-state index contributed by atoms with van der Waals surface area (Å²) in [6.45, 7) is 2.04. The lowest BCUT2D eigenvalue weighted by Gasteiger charge is -2.27. The van der Waals surface area contributed by atoms with Gasteiger partial charge in [-0.15, -0.1) is 12.4 Å². The Bertz CT molecular complexity index is 734. The molecule has 0 bridgehead atoms. The zero-order chi connectivity index (χ0) is 13.7. The largest absolute Gasteiger partial charge is 0.342 e. The molecule has 1 unspecified atom stereocenters. The second kappa shape index (κ2) is 4.84. The Morgan fingerprint density at radius 3 is 2.86 bits per heavy atom. The van der Waals surface area contributed by atoms with Crippen molar-refractivity contribution in [1.82, 2.24) is 15.4 Å². The Morgan fingerprint density at radius 1 is 1.33 bits per heavy atom. The van der Waals surface area contributed by atoms with Crippen LogP contribution >= 0.6 is 12.4 Å². The Labute approximate surface area is 128 Å². The van der Waals surface area contributed by atoms with Gasteiger partial charge in [0.1, 0.15) is 5.82 Å². The summed E-state index contributed by atoms with van der Waals surface area (Å²) in [4.78, 5) is 19.6. The summed E-state index contributed by atoms with van der Waals surface area (Å²) in [6.07, 6.45) is 4.70. The molecular weight excluding hydrogens is 288 g/mol. The summed E-state index contributed by atoms with van der Waals surface area (Å²) in [5, 5.41) is 3.96. The second-order valence-electron chi connectivity index (χ2n) is 6.02. The predicted octanol–water partition coefficient (Wildman–Crippen LogP) is 2.63. The van der Waals surface area contributed by atoms with Crippen LogP contribution in [0.25, 0.3) is 11.0 Å².